The first-order valence-corrected chi connectivity index (χ1v) is 8.28. The summed E-state index contributed by atoms with van der Waals surface area (Å²) in [6.45, 7) is 9.63. The Morgan fingerprint density at radius 1 is 1.21 bits per heavy atom. The number of halogens is 1. The highest BCUT2D eigenvalue weighted by molar-refractivity contribution is 5.85. The number of benzene rings is 1. The molecule has 2 atom stereocenters. The van der Waals surface area contributed by atoms with Gasteiger partial charge in [-0.15, -0.1) is 12.4 Å². The Balaban J connectivity index is 0.00000208. The van der Waals surface area contributed by atoms with E-state index in [-0.39, 0.29) is 17.8 Å². The maximum atomic E-state index is 6.00. The summed E-state index contributed by atoms with van der Waals surface area (Å²) in [5.41, 5.74) is 7.28. The Morgan fingerprint density at radius 2 is 1.92 bits per heavy atom. The average Bonchev–Trinajstić information content (AvgIpc) is 3.15. The molecule has 2 heterocycles. The van der Waals surface area contributed by atoms with E-state index in [1.165, 1.54) is 5.56 Å². The van der Waals surface area contributed by atoms with Gasteiger partial charge in [0.25, 0.3) is 0 Å². The number of rotatable bonds is 4. The lowest BCUT2D eigenvalue weighted by Crippen LogP contribution is -2.23. The molecule has 3 rings (SSSR count). The first-order chi connectivity index (χ1) is 11.0. The summed E-state index contributed by atoms with van der Waals surface area (Å²) in [6.07, 6.45) is 0. The van der Waals surface area contributed by atoms with Crippen molar-refractivity contribution in [2.75, 3.05) is 19.6 Å². The van der Waals surface area contributed by atoms with Crippen LogP contribution in [0.15, 0.2) is 34.9 Å². The lowest BCUT2D eigenvalue weighted by Gasteiger charge is -2.16. The van der Waals surface area contributed by atoms with Crippen LogP contribution in [0.1, 0.15) is 44.0 Å². The summed E-state index contributed by atoms with van der Waals surface area (Å²) < 4.78 is 5.43. The molecule has 0 radical (unpaired) electrons. The van der Waals surface area contributed by atoms with E-state index in [0.29, 0.717) is 30.8 Å². The van der Waals surface area contributed by atoms with Crippen LogP contribution in [0.5, 0.6) is 0 Å². The Labute approximate surface area is 150 Å². The smallest absolute Gasteiger partial charge is 0.240 e. The van der Waals surface area contributed by atoms with Crippen LogP contribution in [-0.4, -0.2) is 34.7 Å². The van der Waals surface area contributed by atoms with Crippen molar-refractivity contribution in [3.8, 4) is 0 Å². The Kier molecular flexibility index (Phi) is 6.01. The van der Waals surface area contributed by atoms with Crippen molar-refractivity contribution in [3.05, 3.63) is 47.6 Å². The summed E-state index contributed by atoms with van der Waals surface area (Å²) in [6, 6.07) is 10.6. The zero-order valence-corrected chi connectivity index (χ0v) is 15.4. The topological polar surface area (TPSA) is 68.2 Å². The zero-order chi connectivity index (χ0) is 16.4. The minimum atomic E-state index is -0.0842. The fourth-order valence-electron chi connectivity index (χ4n) is 3.22. The third-order valence-electron chi connectivity index (χ3n) is 4.54. The van der Waals surface area contributed by atoms with E-state index >= 15 is 0 Å². The van der Waals surface area contributed by atoms with E-state index in [1.54, 1.807) is 0 Å². The number of nitrogens with two attached hydrogens (primary N) is 1. The van der Waals surface area contributed by atoms with Gasteiger partial charge in [0, 0.05) is 24.4 Å². The molecule has 1 aliphatic rings. The molecule has 0 saturated carbocycles. The largest absolute Gasteiger partial charge is 0.338 e. The van der Waals surface area contributed by atoms with Crippen LogP contribution >= 0.6 is 12.4 Å². The van der Waals surface area contributed by atoms with Crippen molar-refractivity contribution < 1.29 is 4.52 Å². The molecule has 1 aliphatic heterocycles. The normalized spacial score (nSPS) is 21.7. The van der Waals surface area contributed by atoms with Gasteiger partial charge in [-0.2, -0.15) is 4.98 Å². The van der Waals surface area contributed by atoms with Crippen molar-refractivity contribution in [1.29, 1.82) is 0 Å². The van der Waals surface area contributed by atoms with Crippen LogP contribution in [0.2, 0.25) is 0 Å². The molecule has 0 unspecified atom stereocenters. The average molecular weight is 351 g/mol. The van der Waals surface area contributed by atoms with E-state index in [9.17, 15) is 0 Å². The molecule has 0 amide bonds. The van der Waals surface area contributed by atoms with E-state index in [4.69, 9.17) is 10.3 Å². The van der Waals surface area contributed by atoms with Gasteiger partial charge >= 0.3 is 0 Å². The third kappa shape index (κ3) is 4.15. The summed E-state index contributed by atoms with van der Waals surface area (Å²) in [5.74, 6) is 2.41. The first kappa shape index (κ1) is 18.9. The molecule has 1 saturated heterocycles. The lowest BCUT2D eigenvalue weighted by molar-refractivity contribution is 0.259. The Morgan fingerprint density at radius 3 is 2.50 bits per heavy atom. The van der Waals surface area contributed by atoms with Gasteiger partial charge in [0.2, 0.25) is 5.89 Å². The van der Waals surface area contributed by atoms with Gasteiger partial charge in [0.05, 0.1) is 6.54 Å². The second kappa shape index (κ2) is 7.64. The maximum Gasteiger partial charge on any atom is 0.240 e. The predicted molar refractivity (Wildman–Crippen MR) is 97.3 cm³/mol. The second-order valence-corrected chi connectivity index (χ2v) is 7.47. The summed E-state index contributed by atoms with van der Waals surface area (Å²) in [5, 5.41) is 4.11. The number of likely N-dealkylation sites (tertiary alicyclic amines) is 1. The standard InChI is InChI=1S/C18H26N4O.ClH/c1-18(2,3)17-20-16(23-21-17)12-22-10-14(9-19)15(11-22)13-7-5-4-6-8-13;/h4-8,14-15H,9-12,19H2,1-3H3;1H/t14-,15+;/m1./s1. The molecule has 0 aliphatic carbocycles. The molecular weight excluding hydrogens is 324 g/mol. The fourth-order valence-corrected chi connectivity index (χ4v) is 3.22. The van der Waals surface area contributed by atoms with Crippen LogP contribution in [-0.2, 0) is 12.0 Å². The molecule has 1 aromatic carbocycles. The van der Waals surface area contributed by atoms with Gasteiger partial charge in [-0.05, 0) is 18.0 Å². The number of hydrogen-bond acceptors (Lipinski definition) is 5. The van der Waals surface area contributed by atoms with Crippen LogP contribution in [0, 0.1) is 5.92 Å². The molecule has 5 nitrogen and oxygen atoms in total. The van der Waals surface area contributed by atoms with E-state index in [2.05, 4.69) is 66.1 Å². The molecule has 2 aromatic rings. The van der Waals surface area contributed by atoms with Gasteiger partial charge in [-0.1, -0.05) is 56.3 Å². The minimum Gasteiger partial charge on any atom is -0.338 e. The molecule has 0 spiro atoms. The second-order valence-electron chi connectivity index (χ2n) is 7.47. The van der Waals surface area contributed by atoms with Gasteiger partial charge in [-0.3, -0.25) is 4.90 Å². The van der Waals surface area contributed by atoms with Crippen molar-refractivity contribution >= 4 is 12.4 Å². The highest BCUT2D eigenvalue weighted by atomic mass is 35.5. The Bertz CT molecular complexity index is 638. The first-order valence-electron chi connectivity index (χ1n) is 8.28. The van der Waals surface area contributed by atoms with E-state index in [0.717, 1.165) is 18.9 Å². The van der Waals surface area contributed by atoms with Gasteiger partial charge < -0.3 is 10.3 Å². The zero-order valence-electron chi connectivity index (χ0n) is 14.6. The van der Waals surface area contributed by atoms with Crippen LogP contribution in [0.4, 0.5) is 0 Å². The van der Waals surface area contributed by atoms with Crippen molar-refractivity contribution in [1.82, 2.24) is 15.0 Å². The molecule has 1 fully saturated rings. The maximum absolute atomic E-state index is 6.00. The van der Waals surface area contributed by atoms with Gasteiger partial charge in [-0.25, -0.2) is 0 Å². The van der Waals surface area contributed by atoms with Crippen LogP contribution in [0.25, 0.3) is 0 Å². The summed E-state index contributed by atoms with van der Waals surface area (Å²) in [4.78, 5) is 6.91. The van der Waals surface area contributed by atoms with Crippen LogP contribution in [0.3, 0.4) is 0 Å². The monoisotopic (exact) mass is 350 g/mol. The molecule has 6 heteroatoms. The van der Waals surface area contributed by atoms with Crippen LogP contribution < -0.4 is 5.73 Å². The lowest BCUT2D eigenvalue weighted by atomic mass is 9.89. The van der Waals surface area contributed by atoms with E-state index in [1.807, 2.05) is 0 Å². The molecular formula is C18H27ClN4O. The quantitative estimate of drug-likeness (QED) is 0.918. The predicted octanol–water partition coefficient (Wildman–Crippen LogP) is 2.96. The molecule has 0 bridgehead atoms. The number of hydrogen-bond donors (Lipinski definition) is 1. The fraction of sp³-hybridized carbons (Fsp3) is 0.556. The third-order valence-corrected chi connectivity index (χ3v) is 4.54. The summed E-state index contributed by atoms with van der Waals surface area (Å²) in [7, 11) is 0. The molecule has 132 valence electrons. The van der Waals surface area contributed by atoms with Crippen molar-refractivity contribution in [2.45, 2.75) is 38.6 Å². The van der Waals surface area contributed by atoms with Gasteiger partial charge in [0.15, 0.2) is 5.82 Å². The summed E-state index contributed by atoms with van der Waals surface area (Å²) >= 11 is 0. The Hall–Kier alpha value is -1.43. The highest BCUT2D eigenvalue weighted by Gasteiger charge is 2.33. The SMILES string of the molecule is CC(C)(C)c1noc(CN2C[C@@H](CN)[C@H](c3ccccc3)C2)n1.Cl. The highest BCUT2D eigenvalue weighted by Crippen LogP contribution is 2.32. The number of nitrogens with zero attached hydrogens (tertiary/aromatic N) is 3. The van der Waals surface area contributed by atoms with Crippen molar-refractivity contribution in [3.63, 3.8) is 0 Å². The number of aromatic nitrogens is 2. The molecule has 24 heavy (non-hydrogen) atoms. The van der Waals surface area contributed by atoms with Crippen molar-refractivity contribution in [2.24, 2.45) is 11.7 Å². The van der Waals surface area contributed by atoms with E-state index < -0.39 is 0 Å². The molecule has 1 aromatic heterocycles. The molecule has 2 N–H and O–H groups in total. The minimum absolute atomic E-state index is 0. The van der Waals surface area contributed by atoms with Gasteiger partial charge in [0.1, 0.15) is 0 Å².